The van der Waals surface area contributed by atoms with Crippen LogP contribution in [0.2, 0.25) is 0 Å². The van der Waals surface area contributed by atoms with Crippen LogP contribution in [0.25, 0.3) is 33.4 Å². The molecule has 2 aromatic heterocycles. The lowest BCUT2D eigenvalue weighted by atomic mass is 9.95. The maximum Gasteiger partial charge on any atom is 0.205 e. The Morgan fingerprint density at radius 3 is 2.26 bits per heavy atom. The summed E-state index contributed by atoms with van der Waals surface area (Å²) in [5.41, 5.74) is 6.96. The van der Waals surface area contributed by atoms with Gasteiger partial charge in [-0.3, -0.25) is 4.90 Å². The van der Waals surface area contributed by atoms with Gasteiger partial charge in [-0.25, -0.2) is 4.98 Å². The fourth-order valence-electron chi connectivity index (χ4n) is 5.80. The Hall–Kier alpha value is -3.45. The lowest BCUT2D eigenvalue weighted by Crippen LogP contribution is -2.48. The number of fused-ring (bicyclic) bond motifs is 1. The summed E-state index contributed by atoms with van der Waals surface area (Å²) in [5.74, 6) is 3.55. The summed E-state index contributed by atoms with van der Waals surface area (Å²) in [6.45, 7) is 14.5. The third-order valence-electron chi connectivity index (χ3n) is 7.63. The van der Waals surface area contributed by atoms with E-state index in [4.69, 9.17) is 14.5 Å². The van der Waals surface area contributed by atoms with Crippen LogP contribution in [0.1, 0.15) is 39.2 Å². The maximum atomic E-state index is 5.58. The molecule has 2 aromatic carbocycles. The molecule has 0 atom stereocenters. The number of hydrogen-bond acceptors (Lipinski definition) is 5. The van der Waals surface area contributed by atoms with E-state index in [1.807, 2.05) is 18.3 Å². The van der Waals surface area contributed by atoms with Crippen molar-refractivity contribution in [2.24, 2.45) is 13.0 Å². The zero-order chi connectivity index (χ0) is 27.0. The summed E-state index contributed by atoms with van der Waals surface area (Å²) in [6, 6.07) is 12.8. The second-order valence-corrected chi connectivity index (χ2v) is 11.1. The highest BCUT2D eigenvalue weighted by Gasteiger charge is 2.23. The van der Waals surface area contributed by atoms with Crippen LogP contribution in [0.15, 0.2) is 42.6 Å². The van der Waals surface area contributed by atoms with Gasteiger partial charge in [0.05, 0.1) is 31.8 Å². The van der Waals surface area contributed by atoms with Crippen LogP contribution in [-0.2, 0) is 7.05 Å². The molecule has 1 N–H and O–H groups in total. The van der Waals surface area contributed by atoms with Crippen LogP contribution in [0.3, 0.4) is 0 Å². The van der Waals surface area contributed by atoms with Crippen molar-refractivity contribution in [3.63, 3.8) is 0 Å². The van der Waals surface area contributed by atoms with Crippen molar-refractivity contribution in [1.29, 1.82) is 0 Å². The SMILES string of the molecule is COc1ccc(-c2[nH]c3ccc(-c4cnc(N5CCN(CC(C)C)CC5)n4C)cc3c2C(C)C)cc1OC. The number of anilines is 1. The van der Waals surface area contributed by atoms with E-state index in [9.17, 15) is 0 Å². The minimum absolute atomic E-state index is 0.339. The first kappa shape index (κ1) is 26.2. The summed E-state index contributed by atoms with van der Waals surface area (Å²) in [6.07, 6.45) is 2.02. The number of ether oxygens (including phenoxy) is 2. The van der Waals surface area contributed by atoms with Crippen molar-refractivity contribution in [2.45, 2.75) is 33.6 Å². The number of imidazole rings is 1. The number of aromatic amines is 1. The minimum Gasteiger partial charge on any atom is -0.493 e. The molecule has 202 valence electrons. The molecule has 0 aliphatic carbocycles. The molecule has 0 spiro atoms. The monoisotopic (exact) mass is 515 g/mol. The first-order valence-electron chi connectivity index (χ1n) is 13.7. The average Bonchev–Trinajstić information content (AvgIpc) is 3.48. The van der Waals surface area contributed by atoms with Crippen molar-refractivity contribution < 1.29 is 9.47 Å². The highest BCUT2D eigenvalue weighted by Crippen LogP contribution is 2.40. The quantitative estimate of drug-likeness (QED) is 0.305. The normalized spacial score (nSPS) is 14.7. The molecule has 1 aliphatic rings. The van der Waals surface area contributed by atoms with Gasteiger partial charge < -0.3 is 23.9 Å². The van der Waals surface area contributed by atoms with E-state index < -0.39 is 0 Å². The molecular formula is C31H41N5O2. The second kappa shape index (κ2) is 10.7. The average molecular weight is 516 g/mol. The van der Waals surface area contributed by atoms with Gasteiger partial charge in [0.15, 0.2) is 11.5 Å². The fraction of sp³-hybridized carbons (Fsp3) is 0.452. The van der Waals surface area contributed by atoms with Crippen LogP contribution in [-0.4, -0.2) is 66.4 Å². The van der Waals surface area contributed by atoms with Crippen molar-refractivity contribution in [2.75, 3.05) is 51.8 Å². The Kier molecular flexibility index (Phi) is 7.39. The first-order chi connectivity index (χ1) is 18.3. The van der Waals surface area contributed by atoms with Gasteiger partial charge in [0.25, 0.3) is 0 Å². The molecule has 38 heavy (non-hydrogen) atoms. The van der Waals surface area contributed by atoms with Gasteiger partial charge in [-0.15, -0.1) is 0 Å². The van der Waals surface area contributed by atoms with Gasteiger partial charge >= 0.3 is 0 Å². The third kappa shape index (κ3) is 4.87. The number of methoxy groups -OCH3 is 2. The number of rotatable bonds is 8. The highest BCUT2D eigenvalue weighted by molar-refractivity contribution is 5.94. The van der Waals surface area contributed by atoms with E-state index in [0.29, 0.717) is 11.8 Å². The van der Waals surface area contributed by atoms with Crippen LogP contribution in [0.4, 0.5) is 5.95 Å². The summed E-state index contributed by atoms with van der Waals surface area (Å²) in [7, 11) is 5.48. The Labute approximate surface area is 226 Å². The van der Waals surface area contributed by atoms with E-state index in [0.717, 1.165) is 66.1 Å². The molecule has 3 heterocycles. The summed E-state index contributed by atoms with van der Waals surface area (Å²) < 4.78 is 13.3. The van der Waals surface area contributed by atoms with Crippen LogP contribution < -0.4 is 14.4 Å². The van der Waals surface area contributed by atoms with Gasteiger partial charge in [-0.05, 0) is 47.7 Å². The summed E-state index contributed by atoms with van der Waals surface area (Å²) in [5, 5.41) is 1.24. The minimum atomic E-state index is 0.339. The molecule has 0 amide bonds. The summed E-state index contributed by atoms with van der Waals surface area (Å²) in [4.78, 5) is 13.5. The number of nitrogens with one attached hydrogen (secondary N) is 1. The summed E-state index contributed by atoms with van der Waals surface area (Å²) >= 11 is 0. The largest absolute Gasteiger partial charge is 0.493 e. The zero-order valence-electron chi connectivity index (χ0n) is 23.8. The molecule has 1 fully saturated rings. The molecule has 1 saturated heterocycles. The number of aromatic nitrogens is 3. The first-order valence-corrected chi connectivity index (χ1v) is 13.7. The maximum absolute atomic E-state index is 5.58. The van der Waals surface area contributed by atoms with Crippen molar-refractivity contribution >= 4 is 16.9 Å². The fourth-order valence-corrected chi connectivity index (χ4v) is 5.80. The molecule has 0 radical (unpaired) electrons. The Balaban J connectivity index is 1.48. The van der Waals surface area contributed by atoms with Crippen molar-refractivity contribution in [1.82, 2.24) is 19.4 Å². The number of H-pyrrole nitrogens is 1. The lowest BCUT2D eigenvalue weighted by Gasteiger charge is -2.36. The zero-order valence-corrected chi connectivity index (χ0v) is 23.8. The Bertz CT molecular complexity index is 1410. The van der Waals surface area contributed by atoms with Crippen molar-refractivity contribution in [3.8, 4) is 34.0 Å². The number of nitrogens with zero attached hydrogens (tertiary/aromatic N) is 4. The molecule has 0 unspecified atom stereocenters. The predicted octanol–water partition coefficient (Wildman–Crippen LogP) is 6.15. The topological polar surface area (TPSA) is 58.5 Å². The Morgan fingerprint density at radius 2 is 1.61 bits per heavy atom. The lowest BCUT2D eigenvalue weighted by molar-refractivity contribution is 0.230. The highest BCUT2D eigenvalue weighted by atomic mass is 16.5. The third-order valence-corrected chi connectivity index (χ3v) is 7.63. The number of hydrogen-bond donors (Lipinski definition) is 1. The molecular weight excluding hydrogens is 474 g/mol. The van der Waals surface area contributed by atoms with Crippen LogP contribution in [0, 0.1) is 5.92 Å². The van der Waals surface area contributed by atoms with Crippen LogP contribution in [0.5, 0.6) is 11.5 Å². The second-order valence-electron chi connectivity index (χ2n) is 11.1. The van der Waals surface area contributed by atoms with Gasteiger partial charge in [-0.1, -0.05) is 33.8 Å². The smallest absolute Gasteiger partial charge is 0.205 e. The van der Waals surface area contributed by atoms with E-state index >= 15 is 0 Å². The van der Waals surface area contributed by atoms with E-state index in [1.54, 1.807) is 14.2 Å². The molecule has 7 heteroatoms. The van der Waals surface area contributed by atoms with Gasteiger partial charge in [0, 0.05) is 61.8 Å². The molecule has 5 rings (SSSR count). The molecule has 7 nitrogen and oxygen atoms in total. The number of piperazine rings is 1. The van der Waals surface area contributed by atoms with Crippen LogP contribution >= 0.6 is 0 Å². The molecule has 0 bridgehead atoms. The van der Waals surface area contributed by atoms with Gasteiger partial charge in [0.2, 0.25) is 5.95 Å². The van der Waals surface area contributed by atoms with E-state index in [-0.39, 0.29) is 0 Å². The van der Waals surface area contributed by atoms with E-state index in [2.05, 4.69) is 78.4 Å². The van der Waals surface area contributed by atoms with Crippen molar-refractivity contribution in [3.05, 3.63) is 48.2 Å². The Morgan fingerprint density at radius 1 is 0.895 bits per heavy atom. The van der Waals surface area contributed by atoms with E-state index in [1.165, 1.54) is 23.1 Å². The standard InChI is InChI=1S/C31H41N5O2/c1-20(2)19-35-12-14-36(15-13-35)31-32-18-26(34(31)5)22-8-10-25-24(16-22)29(21(3)4)30(33-25)23-9-11-27(37-6)28(17-23)38-7/h8-11,16-18,20-21,33H,12-15,19H2,1-7H3. The molecule has 1 aliphatic heterocycles. The van der Waals surface area contributed by atoms with Gasteiger partial charge in [-0.2, -0.15) is 0 Å². The molecule has 0 saturated carbocycles. The van der Waals surface area contributed by atoms with Gasteiger partial charge in [0.1, 0.15) is 0 Å². The predicted molar refractivity (Wildman–Crippen MR) is 157 cm³/mol. The number of benzene rings is 2. The molecule has 4 aromatic rings.